The maximum atomic E-state index is 12.9. The lowest BCUT2D eigenvalue weighted by Crippen LogP contribution is -2.38. The van der Waals surface area contributed by atoms with Crippen LogP contribution in [0.1, 0.15) is 11.1 Å². The molecule has 0 heterocycles. The number of nitrogens with two attached hydrogens (primary N) is 1. The third-order valence-electron chi connectivity index (χ3n) is 3.48. The summed E-state index contributed by atoms with van der Waals surface area (Å²) in [4.78, 5) is 25.1. The van der Waals surface area contributed by atoms with Crippen LogP contribution in [0, 0.1) is 5.82 Å². The second-order valence-electron chi connectivity index (χ2n) is 5.37. The molecule has 2 aromatic carbocycles. The number of halogens is 1. The predicted molar refractivity (Wildman–Crippen MR) is 87.7 cm³/mol. The van der Waals surface area contributed by atoms with Gasteiger partial charge in [0.15, 0.2) is 0 Å². The summed E-state index contributed by atoms with van der Waals surface area (Å²) in [6.07, 6.45) is 0.0670. The Morgan fingerprint density at radius 1 is 1.12 bits per heavy atom. The Labute approximate surface area is 139 Å². The Morgan fingerprint density at radius 3 is 2.46 bits per heavy atom. The number of nitrogens with zero attached hydrogens (tertiary/aromatic N) is 1. The molecule has 0 fully saturated rings. The van der Waals surface area contributed by atoms with Gasteiger partial charge in [-0.25, -0.2) is 4.39 Å². The van der Waals surface area contributed by atoms with Gasteiger partial charge in [0.2, 0.25) is 11.8 Å². The summed E-state index contributed by atoms with van der Waals surface area (Å²) < 4.78 is 18.1. The molecule has 0 saturated carbocycles. The molecule has 2 N–H and O–H groups in total. The van der Waals surface area contributed by atoms with Gasteiger partial charge in [-0.15, -0.1) is 0 Å². The van der Waals surface area contributed by atoms with Crippen molar-refractivity contribution in [3.8, 4) is 5.75 Å². The van der Waals surface area contributed by atoms with E-state index in [2.05, 4.69) is 0 Å². The van der Waals surface area contributed by atoms with Crippen LogP contribution in [0.2, 0.25) is 0 Å². The second-order valence-corrected chi connectivity index (χ2v) is 5.37. The van der Waals surface area contributed by atoms with Crippen LogP contribution in [-0.4, -0.2) is 30.4 Å². The summed E-state index contributed by atoms with van der Waals surface area (Å²) in [5.74, 6) is -0.553. The molecule has 0 spiro atoms. The van der Waals surface area contributed by atoms with Gasteiger partial charge in [0, 0.05) is 6.54 Å². The molecule has 24 heavy (non-hydrogen) atoms. The van der Waals surface area contributed by atoms with E-state index in [4.69, 9.17) is 10.5 Å². The fraction of sp³-hybridized carbons (Fsp3) is 0.222. The number of methoxy groups -OCH3 is 1. The third kappa shape index (κ3) is 5.08. The first-order valence-corrected chi connectivity index (χ1v) is 7.41. The van der Waals surface area contributed by atoms with Gasteiger partial charge in [-0.3, -0.25) is 9.59 Å². The molecule has 0 saturated heterocycles. The first kappa shape index (κ1) is 17.5. The Morgan fingerprint density at radius 2 is 1.83 bits per heavy atom. The number of rotatable bonds is 7. The van der Waals surface area contributed by atoms with Crippen molar-refractivity contribution in [3.63, 3.8) is 0 Å². The molecule has 0 aliphatic heterocycles. The zero-order valence-electron chi connectivity index (χ0n) is 13.4. The van der Waals surface area contributed by atoms with E-state index in [0.29, 0.717) is 11.3 Å². The van der Waals surface area contributed by atoms with E-state index in [0.717, 1.165) is 5.56 Å². The van der Waals surface area contributed by atoms with E-state index < -0.39 is 5.91 Å². The lowest BCUT2D eigenvalue weighted by atomic mass is 10.1. The lowest BCUT2D eigenvalue weighted by Gasteiger charge is -2.21. The number of carbonyl (C=O) groups is 2. The summed E-state index contributed by atoms with van der Waals surface area (Å²) in [6.45, 7) is 0.0530. The fourth-order valence-electron chi connectivity index (χ4n) is 2.30. The highest BCUT2D eigenvalue weighted by Crippen LogP contribution is 2.15. The maximum Gasteiger partial charge on any atom is 0.237 e. The Kier molecular flexibility index (Phi) is 5.89. The molecule has 0 atom stereocenters. The molecule has 5 nitrogen and oxygen atoms in total. The fourth-order valence-corrected chi connectivity index (χ4v) is 2.30. The van der Waals surface area contributed by atoms with Crippen molar-refractivity contribution in [1.82, 2.24) is 4.90 Å². The van der Waals surface area contributed by atoms with E-state index in [1.165, 1.54) is 17.0 Å². The van der Waals surface area contributed by atoms with Gasteiger partial charge in [0.25, 0.3) is 0 Å². The van der Waals surface area contributed by atoms with Gasteiger partial charge in [0.05, 0.1) is 20.1 Å². The second kappa shape index (κ2) is 8.10. The molecule has 0 radical (unpaired) electrons. The van der Waals surface area contributed by atoms with Crippen LogP contribution < -0.4 is 10.5 Å². The number of benzene rings is 2. The first-order valence-electron chi connectivity index (χ1n) is 7.41. The van der Waals surface area contributed by atoms with E-state index in [1.54, 1.807) is 37.4 Å². The van der Waals surface area contributed by atoms with Crippen molar-refractivity contribution < 1.29 is 18.7 Å². The largest absolute Gasteiger partial charge is 0.497 e. The minimum atomic E-state index is -0.592. The molecule has 0 unspecified atom stereocenters. The van der Waals surface area contributed by atoms with E-state index in [1.807, 2.05) is 6.07 Å². The van der Waals surface area contributed by atoms with Crippen LogP contribution in [0.15, 0.2) is 48.5 Å². The predicted octanol–water partition coefficient (Wildman–Crippen LogP) is 1.89. The van der Waals surface area contributed by atoms with Crippen LogP contribution >= 0.6 is 0 Å². The molecule has 2 amide bonds. The van der Waals surface area contributed by atoms with Gasteiger partial charge < -0.3 is 15.4 Å². The molecule has 0 aromatic heterocycles. The Hall–Kier alpha value is -2.89. The van der Waals surface area contributed by atoms with Crippen molar-refractivity contribution in [2.45, 2.75) is 13.0 Å². The number of amides is 2. The van der Waals surface area contributed by atoms with Crippen LogP contribution in [0.25, 0.3) is 0 Å². The topological polar surface area (TPSA) is 72.6 Å². The summed E-state index contributed by atoms with van der Waals surface area (Å²) in [5, 5.41) is 0. The lowest BCUT2D eigenvalue weighted by molar-refractivity contribution is -0.135. The molecule has 6 heteroatoms. The summed E-state index contributed by atoms with van der Waals surface area (Å²) in [6, 6.07) is 12.9. The molecule has 0 aliphatic carbocycles. The number of primary amides is 1. The highest BCUT2D eigenvalue weighted by Gasteiger charge is 2.17. The number of hydrogen-bond donors (Lipinski definition) is 1. The van der Waals surface area contributed by atoms with Gasteiger partial charge in [-0.05, 0) is 35.4 Å². The Bertz CT molecular complexity index is 716. The van der Waals surface area contributed by atoms with Crippen LogP contribution in [-0.2, 0) is 22.6 Å². The SMILES string of the molecule is COc1cccc(CN(CC(N)=O)C(=O)Cc2ccc(F)cc2)c1. The zero-order chi connectivity index (χ0) is 17.5. The van der Waals surface area contributed by atoms with Crippen LogP contribution in [0.5, 0.6) is 5.75 Å². The molecule has 2 aromatic rings. The normalized spacial score (nSPS) is 10.2. The minimum Gasteiger partial charge on any atom is -0.497 e. The molecule has 0 aliphatic rings. The minimum absolute atomic E-state index is 0.0670. The number of carbonyl (C=O) groups excluding carboxylic acids is 2. The summed E-state index contributed by atoms with van der Waals surface area (Å²) in [5.41, 5.74) is 6.74. The van der Waals surface area contributed by atoms with Crippen LogP contribution in [0.3, 0.4) is 0 Å². The van der Waals surface area contributed by atoms with Gasteiger partial charge in [-0.2, -0.15) is 0 Å². The van der Waals surface area contributed by atoms with Gasteiger partial charge in [-0.1, -0.05) is 24.3 Å². The Balaban J connectivity index is 2.12. The molecule has 0 bridgehead atoms. The zero-order valence-corrected chi connectivity index (χ0v) is 13.4. The number of hydrogen-bond acceptors (Lipinski definition) is 3. The molecular formula is C18H19FN2O3. The third-order valence-corrected chi connectivity index (χ3v) is 3.48. The van der Waals surface area contributed by atoms with Gasteiger partial charge in [0.1, 0.15) is 11.6 Å². The number of ether oxygens (including phenoxy) is 1. The van der Waals surface area contributed by atoms with Crippen molar-refractivity contribution in [1.29, 1.82) is 0 Å². The van der Waals surface area contributed by atoms with E-state index >= 15 is 0 Å². The molecular weight excluding hydrogens is 311 g/mol. The van der Waals surface area contributed by atoms with Crippen molar-refractivity contribution >= 4 is 11.8 Å². The average molecular weight is 330 g/mol. The standard InChI is InChI=1S/C18H19FN2O3/c1-24-16-4-2-3-14(9-16)11-21(12-17(20)22)18(23)10-13-5-7-15(19)8-6-13/h2-9H,10-12H2,1H3,(H2,20,22). The molecule has 126 valence electrons. The highest BCUT2D eigenvalue weighted by atomic mass is 19.1. The maximum absolute atomic E-state index is 12.9. The summed E-state index contributed by atoms with van der Waals surface area (Å²) >= 11 is 0. The quantitative estimate of drug-likeness (QED) is 0.842. The van der Waals surface area contributed by atoms with E-state index in [9.17, 15) is 14.0 Å². The van der Waals surface area contributed by atoms with Crippen LogP contribution in [0.4, 0.5) is 4.39 Å². The molecule has 2 rings (SSSR count). The van der Waals surface area contributed by atoms with E-state index in [-0.39, 0.29) is 31.2 Å². The first-order chi connectivity index (χ1) is 11.5. The smallest absolute Gasteiger partial charge is 0.237 e. The van der Waals surface area contributed by atoms with Crippen molar-refractivity contribution in [3.05, 3.63) is 65.5 Å². The van der Waals surface area contributed by atoms with Crippen molar-refractivity contribution in [2.75, 3.05) is 13.7 Å². The van der Waals surface area contributed by atoms with Gasteiger partial charge >= 0.3 is 0 Å². The average Bonchev–Trinajstić information content (AvgIpc) is 2.56. The summed E-state index contributed by atoms with van der Waals surface area (Å²) in [7, 11) is 1.56. The van der Waals surface area contributed by atoms with Crippen molar-refractivity contribution in [2.24, 2.45) is 5.73 Å². The highest BCUT2D eigenvalue weighted by molar-refractivity contribution is 5.85. The monoisotopic (exact) mass is 330 g/mol.